The third-order valence-electron chi connectivity index (χ3n) is 0.912. The van der Waals surface area contributed by atoms with E-state index >= 15 is 0 Å². The molecule has 3 nitrogen and oxygen atoms in total. The Morgan fingerprint density at radius 3 is 2.78 bits per heavy atom. The maximum Gasteiger partial charge on any atom is 0.275 e. The van der Waals surface area contributed by atoms with E-state index in [0.29, 0.717) is 0 Å². The van der Waals surface area contributed by atoms with E-state index in [2.05, 4.69) is 5.73 Å². The minimum absolute atomic E-state index is 0.192. The lowest BCUT2D eigenvalue weighted by atomic mass is 10.2. The Bertz CT molecular complexity index is 227. The Morgan fingerprint density at radius 2 is 2.44 bits per heavy atom. The van der Waals surface area contributed by atoms with Gasteiger partial charge in [-0.05, 0) is 12.2 Å². The van der Waals surface area contributed by atoms with Gasteiger partial charge >= 0.3 is 0 Å². The first kappa shape index (κ1) is 5.66. The number of allylic oxidation sites excluding steroid dienone is 3. The molecule has 3 heteroatoms. The lowest BCUT2D eigenvalue weighted by Crippen LogP contribution is -2.06. The molecule has 0 unspecified atom stereocenters. The highest BCUT2D eigenvalue weighted by Crippen LogP contribution is 1.88. The molecule has 0 radical (unpaired) electrons. The lowest BCUT2D eigenvalue weighted by molar-refractivity contribution is -0.725. The molecule has 1 aliphatic carbocycles. The van der Waals surface area contributed by atoms with Crippen LogP contribution in [-0.2, 0) is 0 Å². The van der Waals surface area contributed by atoms with Crippen molar-refractivity contribution in [2.24, 2.45) is 0 Å². The van der Waals surface area contributed by atoms with E-state index in [1.54, 1.807) is 12.2 Å². The van der Waals surface area contributed by atoms with Crippen molar-refractivity contribution in [3.8, 4) is 0 Å². The van der Waals surface area contributed by atoms with Crippen molar-refractivity contribution in [1.82, 2.24) is 0 Å². The monoisotopic (exact) mass is 123 g/mol. The summed E-state index contributed by atoms with van der Waals surface area (Å²) in [4.78, 5) is -0.198. The molecule has 0 amide bonds. The normalized spacial score (nSPS) is 20.4. The van der Waals surface area contributed by atoms with Gasteiger partial charge in [0.05, 0.1) is 6.08 Å². The summed E-state index contributed by atoms with van der Waals surface area (Å²) < 4.78 is 0. The Labute approximate surface area is 52.1 Å². The third-order valence-corrected chi connectivity index (χ3v) is 0.912. The van der Waals surface area contributed by atoms with Gasteiger partial charge < -0.3 is 5.21 Å². The van der Waals surface area contributed by atoms with Gasteiger partial charge in [0.2, 0.25) is 0 Å². The van der Waals surface area contributed by atoms with Crippen LogP contribution in [0.2, 0.25) is 0 Å². The quantitative estimate of drug-likeness (QED) is 0.222. The largest absolute Gasteiger partial charge is 0.417 e. The molecule has 0 aromatic heterocycles. The molecule has 0 aliphatic heterocycles. The van der Waals surface area contributed by atoms with Crippen LogP contribution in [0.25, 0.3) is 0 Å². The first-order valence-electron chi connectivity index (χ1n) is 2.43. The summed E-state index contributed by atoms with van der Waals surface area (Å²) in [6, 6.07) is 0. The van der Waals surface area contributed by atoms with Crippen molar-refractivity contribution in [3.63, 3.8) is 0 Å². The van der Waals surface area contributed by atoms with Crippen molar-refractivity contribution >= 4 is 5.71 Å². The van der Waals surface area contributed by atoms with Crippen LogP contribution in [0.1, 0.15) is 0 Å². The fourth-order valence-electron chi connectivity index (χ4n) is 0.503. The molecular formula is C6H5NO2. The van der Waals surface area contributed by atoms with Gasteiger partial charge in [-0.15, -0.1) is 5.73 Å². The molecule has 1 N–H and O–H groups in total. The van der Waals surface area contributed by atoms with E-state index in [4.69, 9.17) is 5.21 Å². The summed E-state index contributed by atoms with van der Waals surface area (Å²) in [7, 11) is 0. The number of rotatable bonds is 0. The van der Waals surface area contributed by atoms with Crippen LogP contribution < -0.4 is 0 Å². The maximum atomic E-state index is 10.1. The second-order valence-corrected chi connectivity index (χ2v) is 1.53. The standard InChI is InChI=1S/C6H5NO2/c8-7(9)6-4-2-1-3-5-6/h1-2,4-5H,(H,8,9). The maximum absolute atomic E-state index is 10.1. The average molecular weight is 123 g/mol. The summed E-state index contributed by atoms with van der Waals surface area (Å²) in [5.41, 5.74) is 2.83. The SMILES string of the molecule is [O-]/[N+](O)=C1/C=C=CC=C1. The van der Waals surface area contributed by atoms with E-state index in [0.717, 1.165) is 0 Å². The molecule has 0 heterocycles. The minimum Gasteiger partial charge on any atom is -0.417 e. The minimum atomic E-state index is -0.198. The predicted octanol–water partition coefficient (Wildman–Crippen LogP) is 0.608. The zero-order valence-corrected chi connectivity index (χ0v) is 4.61. The summed E-state index contributed by atoms with van der Waals surface area (Å²) in [6.07, 6.45) is 6.15. The van der Waals surface area contributed by atoms with Crippen LogP contribution in [0, 0.1) is 5.21 Å². The van der Waals surface area contributed by atoms with E-state index in [9.17, 15) is 5.21 Å². The topological polar surface area (TPSA) is 46.3 Å². The molecule has 1 aliphatic rings. The molecule has 46 valence electrons. The molecule has 0 fully saturated rings. The number of hydrogen-bond acceptors (Lipinski definition) is 2. The first-order valence-corrected chi connectivity index (χ1v) is 2.43. The first-order chi connectivity index (χ1) is 4.30. The van der Waals surface area contributed by atoms with Crippen molar-refractivity contribution < 1.29 is 10.1 Å². The fraction of sp³-hybridized carbons (Fsp3) is 0. The molecule has 0 saturated heterocycles. The Morgan fingerprint density at radius 1 is 1.67 bits per heavy atom. The number of hydrogen-bond donors (Lipinski definition) is 1. The van der Waals surface area contributed by atoms with Gasteiger partial charge in [-0.3, -0.25) is 5.21 Å². The highest BCUT2D eigenvalue weighted by Gasteiger charge is 2.00. The summed E-state index contributed by atoms with van der Waals surface area (Å²) in [6.45, 7) is 0. The Hall–Kier alpha value is -1.47. The zero-order chi connectivity index (χ0) is 6.69. The van der Waals surface area contributed by atoms with Crippen molar-refractivity contribution in [1.29, 1.82) is 0 Å². The molecule has 0 spiro atoms. The Kier molecular flexibility index (Phi) is 1.38. The van der Waals surface area contributed by atoms with E-state index in [-0.39, 0.29) is 10.6 Å². The number of nitrogens with zero attached hydrogens (tertiary/aromatic N) is 1. The van der Waals surface area contributed by atoms with E-state index < -0.39 is 0 Å². The molecule has 0 aromatic carbocycles. The second-order valence-electron chi connectivity index (χ2n) is 1.53. The average Bonchev–Trinajstić information content (AvgIpc) is 1.90. The predicted molar refractivity (Wildman–Crippen MR) is 32.2 cm³/mol. The molecule has 0 aromatic rings. The molecule has 9 heavy (non-hydrogen) atoms. The van der Waals surface area contributed by atoms with Crippen molar-refractivity contribution in [3.05, 3.63) is 35.2 Å². The van der Waals surface area contributed by atoms with Crippen LogP contribution in [-0.4, -0.2) is 15.8 Å². The van der Waals surface area contributed by atoms with Crippen LogP contribution in [0.3, 0.4) is 0 Å². The van der Waals surface area contributed by atoms with Gasteiger partial charge in [0.1, 0.15) is 0 Å². The summed E-state index contributed by atoms with van der Waals surface area (Å²) >= 11 is 0. The van der Waals surface area contributed by atoms with E-state index in [1.807, 2.05) is 0 Å². The van der Waals surface area contributed by atoms with Gasteiger partial charge in [0.25, 0.3) is 5.71 Å². The second kappa shape index (κ2) is 2.20. The molecule has 0 atom stereocenters. The van der Waals surface area contributed by atoms with Crippen LogP contribution in [0.15, 0.2) is 30.0 Å². The van der Waals surface area contributed by atoms with Gasteiger partial charge in [-0.2, -0.15) is 0 Å². The fourth-order valence-corrected chi connectivity index (χ4v) is 0.503. The van der Waals surface area contributed by atoms with E-state index in [1.165, 1.54) is 12.2 Å². The van der Waals surface area contributed by atoms with Crippen LogP contribution in [0.5, 0.6) is 0 Å². The van der Waals surface area contributed by atoms with Gasteiger partial charge in [-0.25, -0.2) is 0 Å². The van der Waals surface area contributed by atoms with Gasteiger partial charge in [0.15, 0.2) is 0 Å². The lowest BCUT2D eigenvalue weighted by Gasteiger charge is -1.89. The molecular weight excluding hydrogens is 118 g/mol. The zero-order valence-electron chi connectivity index (χ0n) is 4.61. The third kappa shape index (κ3) is 1.21. The molecule has 0 saturated carbocycles. The smallest absolute Gasteiger partial charge is 0.275 e. The summed E-state index contributed by atoms with van der Waals surface area (Å²) in [5, 5.41) is 18.4. The van der Waals surface area contributed by atoms with Crippen molar-refractivity contribution in [2.75, 3.05) is 0 Å². The highest BCUT2D eigenvalue weighted by atomic mass is 16.8. The van der Waals surface area contributed by atoms with Gasteiger partial charge in [-0.1, -0.05) is 0 Å². The molecule has 0 bridgehead atoms. The Balaban J connectivity index is 3.02. The van der Waals surface area contributed by atoms with Crippen molar-refractivity contribution in [2.45, 2.75) is 0 Å². The van der Waals surface area contributed by atoms with Crippen LogP contribution in [0.4, 0.5) is 0 Å². The van der Waals surface area contributed by atoms with Gasteiger partial charge in [0, 0.05) is 11.0 Å². The van der Waals surface area contributed by atoms with Crippen LogP contribution >= 0.6 is 0 Å². The molecule has 1 rings (SSSR count). The summed E-state index contributed by atoms with van der Waals surface area (Å²) in [5.74, 6) is 0. The highest BCUT2D eigenvalue weighted by molar-refractivity contribution is 6.00.